The molecule has 1 atom stereocenters. The van der Waals surface area contributed by atoms with E-state index in [0.717, 1.165) is 37.5 Å². The maximum atomic E-state index is 13.9. The molecule has 1 unspecified atom stereocenters. The first kappa shape index (κ1) is 34.0. The number of benzene rings is 2. The van der Waals surface area contributed by atoms with E-state index in [1.807, 2.05) is 0 Å². The van der Waals surface area contributed by atoms with Crippen LogP contribution in [0.4, 0.5) is 39.5 Å². The van der Waals surface area contributed by atoms with Crippen molar-refractivity contribution < 1.29 is 53.9 Å². The van der Waals surface area contributed by atoms with Crippen LogP contribution >= 0.6 is 34.8 Å². The Morgan fingerprint density at radius 3 is 2.00 bits per heavy atom. The molecule has 4 nitrogen and oxygen atoms in total. The number of carbonyl (C=O) groups is 2. The quantitative estimate of drug-likeness (QED) is 0.116. The van der Waals surface area contributed by atoms with Crippen molar-refractivity contribution in [3.05, 3.63) is 73.7 Å². The Bertz CT molecular complexity index is 1360. The second kappa shape index (κ2) is 12.3. The first-order valence-electron chi connectivity index (χ1n) is 11.7. The van der Waals surface area contributed by atoms with E-state index in [9.17, 15) is 49.1 Å². The minimum atomic E-state index is -5.15. The monoisotopic (exact) mass is 669 g/mol. The van der Waals surface area contributed by atoms with Crippen molar-refractivity contribution in [2.24, 2.45) is 5.41 Å². The average molecular weight is 671 g/mol. The molecule has 1 amide bonds. The van der Waals surface area contributed by atoms with Crippen LogP contribution < -0.4 is 0 Å². The number of hydroxylamine groups is 2. The lowest BCUT2D eigenvalue weighted by atomic mass is 9.91. The summed E-state index contributed by atoms with van der Waals surface area (Å²) < 4.78 is 122. The summed E-state index contributed by atoms with van der Waals surface area (Å²) in [6.07, 6.45) is -14.5. The predicted molar refractivity (Wildman–Crippen MR) is 136 cm³/mol. The van der Waals surface area contributed by atoms with Crippen molar-refractivity contribution in [3.8, 4) is 0 Å². The third kappa shape index (κ3) is 8.12. The van der Waals surface area contributed by atoms with Gasteiger partial charge in [-0.3, -0.25) is 14.4 Å². The molecule has 42 heavy (non-hydrogen) atoms. The molecule has 0 radical (unpaired) electrons. The van der Waals surface area contributed by atoms with E-state index in [1.165, 1.54) is 0 Å². The van der Waals surface area contributed by atoms with Gasteiger partial charge in [0.25, 0.3) is 5.91 Å². The summed E-state index contributed by atoms with van der Waals surface area (Å²) in [5, 5.41) is -0.741. The van der Waals surface area contributed by atoms with Crippen LogP contribution in [0.1, 0.15) is 52.2 Å². The Kier molecular flexibility index (Phi) is 9.93. The number of carbonyl (C=O) groups excluding carboxylic acids is 2. The summed E-state index contributed by atoms with van der Waals surface area (Å²) in [5.74, 6) is -4.74. The highest BCUT2D eigenvalue weighted by Gasteiger charge is 2.55. The Morgan fingerprint density at radius 2 is 1.55 bits per heavy atom. The number of nitrogens with zero attached hydrogens (tertiary/aromatic N) is 1. The molecule has 16 heteroatoms. The second-order valence-electron chi connectivity index (χ2n) is 9.50. The molecular weight excluding hydrogens is 652 g/mol. The third-order valence-corrected chi connectivity index (χ3v) is 7.62. The zero-order valence-corrected chi connectivity index (χ0v) is 23.4. The molecule has 3 rings (SSSR count). The van der Waals surface area contributed by atoms with Crippen LogP contribution in [0.15, 0.2) is 36.4 Å². The van der Waals surface area contributed by atoms with Crippen LogP contribution in [-0.2, 0) is 15.8 Å². The summed E-state index contributed by atoms with van der Waals surface area (Å²) >= 11 is 17.4. The molecular formula is C26H19Cl3F9NO3. The van der Waals surface area contributed by atoms with Crippen LogP contribution in [0.2, 0.25) is 15.1 Å². The Labute approximate surface area is 247 Å². The Hall–Kier alpha value is -2.48. The Balaban J connectivity index is 1.92. The van der Waals surface area contributed by atoms with E-state index in [4.69, 9.17) is 34.8 Å². The van der Waals surface area contributed by atoms with Gasteiger partial charge in [0.15, 0.2) is 5.78 Å². The predicted octanol–water partition coefficient (Wildman–Crippen LogP) is 9.33. The molecule has 0 N–H and O–H groups in total. The lowest BCUT2D eigenvalue weighted by Crippen LogP contribution is -2.42. The van der Waals surface area contributed by atoms with Gasteiger partial charge >= 0.3 is 18.5 Å². The van der Waals surface area contributed by atoms with Crippen molar-refractivity contribution in [3.63, 3.8) is 0 Å². The van der Waals surface area contributed by atoms with E-state index >= 15 is 0 Å². The van der Waals surface area contributed by atoms with E-state index in [0.29, 0.717) is 12.1 Å². The molecule has 0 aliphatic heterocycles. The number of hydrogen-bond acceptors (Lipinski definition) is 3. The zero-order chi connectivity index (χ0) is 31.8. The van der Waals surface area contributed by atoms with Crippen LogP contribution in [-0.4, -0.2) is 42.8 Å². The molecule has 0 heterocycles. The smallest absolute Gasteiger partial charge is 0.294 e. The molecule has 2 aromatic rings. The van der Waals surface area contributed by atoms with Gasteiger partial charge in [-0.1, -0.05) is 59.1 Å². The third-order valence-electron chi connectivity index (χ3n) is 6.42. The number of alkyl halides is 9. The first-order valence-corrected chi connectivity index (χ1v) is 12.9. The van der Waals surface area contributed by atoms with Crippen LogP contribution in [0, 0.1) is 5.41 Å². The maximum Gasteiger partial charge on any atom is 0.417 e. The first-order chi connectivity index (χ1) is 19.2. The molecule has 0 spiro atoms. The van der Waals surface area contributed by atoms with Crippen LogP contribution in [0.3, 0.4) is 0 Å². The number of ketones is 1. The number of allylic oxidation sites excluding steroid dienone is 1. The highest BCUT2D eigenvalue weighted by atomic mass is 35.5. The van der Waals surface area contributed by atoms with Gasteiger partial charge in [-0.05, 0) is 42.2 Å². The molecule has 0 aromatic heterocycles. The number of Topliss-reactive ketones (excluding diaryl/α,β-unsaturated/α-hetero) is 1. The second-order valence-corrected chi connectivity index (χ2v) is 10.7. The summed E-state index contributed by atoms with van der Waals surface area (Å²) in [4.78, 5) is 30.0. The van der Waals surface area contributed by atoms with E-state index < -0.39 is 71.2 Å². The lowest BCUT2D eigenvalue weighted by molar-refractivity contribution is -0.227. The molecule has 1 fully saturated rings. The van der Waals surface area contributed by atoms with Crippen molar-refractivity contribution in [2.75, 3.05) is 13.7 Å². The molecule has 1 saturated carbocycles. The number of amides is 1. The number of rotatable bonds is 9. The summed E-state index contributed by atoms with van der Waals surface area (Å²) in [6, 6.07) is 3.96. The van der Waals surface area contributed by atoms with Gasteiger partial charge in [0.05, 0.1) is 39.1 Å². The normalized spacial score (nSPS) is 16.0. The fourth-order valence-corrected chi connectivity index (χ4v) is 4.79. The number of halogens is 12. The SMILES string of the molecule is CON(CC(F)(F)F)C(=O)C1(CC(=O)c2ccc(/C=C/C(c3cc(Cl)c(Cl)c(Cl)c3)C(F)(F)F)cc2C(F)(F)F)CC1. The maximum absolute atomic E-state index is 13.9. The van der Waals surface area contributed by atoms with Gasteiger partial charge < -0.3 is 0 Å². The molecule has 0 saturated heterocycles. The topological polar surface area (TPSA) is 46.6 Å². The largest absolute Gasteiger partial charge is 0.417 e. The fourth-order valence-electron chi connectivity index (χ4n) is 4.18. The molecule has 1 aliphatic carbocycles. The average Bonchev–Trinajstić information content (AvgIpc) is 3.63. The lowest BCUT2D eigenvalue weighted by Gasteiger charge is -2.25. The standard InChI is InChI=1S/C26H19Cl3F9NO3/c1-42-39(12-24(30,31)32)22(41)23(6-7-23)11-20(40)15-4-2-13(8-17(15)26(36,37)38)3-5-16(25(33,34)35)14-9-18(27)21(29)19(28)10-14/h2-5,8-10,16H,6-7,11-12H2,1H3/b5-3+. The van der Waals surface area contributed by atoms with Crippen LogP contribution in [0.5, 0.6) is 0 Å². The van der Waals surface area contributed by atoms with Crippen molar-refractivity contribution in [1.82, 2.24) is 5.06 Å². The Morgan fingerprint density at radius 1 is 0.976 bits per heavy atom. The fraction of sp³-hybridized carbons (Fsp3) is 0.385. The van der Waals surface area contributed by atoms with Crippen LogP contribution in [0.25, 0.3) is 6.08 Å². The summed E-state index contributed by atoms with van der Waals surface area (Å²) in [5.41, 5.74) is -4.87. The van der Waals surface area contributed by atoms with Crippen molar-refractivity contribution >= 4 is 52.6 Å². The molecule has 0 bridgehead atoms. The van der Waals surface area contributed by atoms with Gasteiger partial charge in [0.2, 0.25) is 0 Å². The minimum absolute atomic E-state index is 0.00302. The van der Waals surface area contributed by atoms with E-state index in [1.54, 1.807) is 0 Å². The minimum Gasteiger partial charge on any atom is -0.294 e. The van der Waals surface area contributed by atoms with E-state index in [-0.39, 0.29) is 38.5 Å². The highest BCUT2D eigenvalue weighted by molar-refractivity contribution is 6.48. The van der Waals surface area contributed by atoms with Gasteiger partial charge in [0.1, 0.15) is 6.54 Å². The van der Waals surface area contributed by atoms with Gasteiger partial charge in [-0.15, -0.1) is 0 Å². The number of hydrogen-bond donors (Lipinski definition) is 0. The van der Waals surface area contributed by atoms with Gasteiger partial charge in [-0.2, -0.15) is 39.5 Å². The molecule has 230 valence electrons. The molecule has 2 aromatic carbocycles. The molecule has 1 aliphatic rings. The summed E-state index contributed by atoms with van der Waals surface area (Å²) in [6.45, 7) is -1.79. The van der Waals surface area contributed by atoms with Gasteiger partial charge in [0, 0.05) is 12.0 Å². The van der Waals surface area contributed by atoms with Gasteiger partial charge in [-0.25, -0.2) is 5.06 Å². The van der Waals surface area contributed by atoms with E-state index in [2.05, 4.69) is 4.84 Å². The van der Waals surface area contributed by atoms with Crippen molar-refractivity contribution in [2.45, 2.75) is 43.7 Å². The summed E-state index contributed by atoms with van der Waals surface area (Å²) in [7, 11) is 0.801. The zero-order valence-electron chi connectivity index (χ0n) is 21.2. The van der Waals surface area contributed by atoms with Crippen molar-refractivity contribution in [1.29, 1.82) is 0 Å². The highest BCUT2D eigenvalue weighted by Crippen LogP contribution is 2.52.